The van der Waals surface area contributed by atoms with Crippen LogP contribution in [0.5, 0.6) is 0 Å². The number of hydrogen-bond acceptors (Lipinski definition) is 2. The van der Waals surface area contributed by atoms with Gasteiger partial charge in [-0.1, -0.05) is 18.2 Å². The molecule has 1 atom stereocenters. The quantitative estimate of drug-likeness (QED) is 0.916. The molecule has 0 amide bonds. The van der Waals surface area contributed by atoms with Crippen LogP contribution in [0, 0.1) is 0 Å². The minimum Gasteiger partial charge on any atom is -0.324 e. The van der Waals surface area contributed by atoms with E-state index in [1.807, 2.05) is 30.3 Å². The summed E-state index contributed by atoms with van der Waals surface area (Å²) in [6, 6.07) is 8.04. The normalized spacial score (nSPS) is 13.6. The number of rotatable bonds is 3. The van der Waals surface area contributed by atoms with Crippen LogP contribution in [0.4, 0.5) is 13.2 Å². The zero-order chi connectivity index (χ0) is 13.2. The molecule has 0 saturated carbocycles. The number of nitrogens with two attached hydrogens (primary N) is 1. The first kappa shape index (κ1) is 12.6. The van der Waals surface area contributed by atoms with Crippen molar-refractivity contribution in [1.82, 2.24) is 9.78 Å². The Bertz CT molecular complexity index is 505. The first-order valence-electron chi connectivity index (χ1n) is 5.38. The average molecular weight is 255 g/mol. The number of halogens is 3. The molecule has 2 aromatic rings. The van der Waals surface area contributed by atoms with E-state index in [1.54, 1.807) is 0 Å². The molecule has 18 heavy (non-hydrogen) atoms. The van der Waals surface area contributed by atoms with Crippen LogP contribution >= 0.6 is 0 Å². The van der Waals surface area contributed by atoms with Crippen molar-refractivity contribution < 1.29 is 13.2 Å². The Hall–Kier alpha value is -1.82. The van der Waals surface area contributed by atoms with Gasteiger partial charge in [-0.3, -0.25) is 0 Å². The monoisotopic (exact) mass is 255 g/mol. The molecule has 0 spiro atoms. The minimum atomic E-state index is -4.27. The smallest absolute Gasteiger partial charge is 0.324 e. The summed E-state index contributed by atoms with van der Waals surface area (Å²) in [5.74, 6) is 0. The zero-order valence-electron chi connectivity index (χ0n) is 9.43. The number of aromatic nitrogens is 2. The maximum absolute atomic E-state index is 12.2. The SMILES string of the molecule is N[C@H](CC(F)(F)F)c1cnn(-c2ccccc2)c1. The summed E-state index contributed by atoms with van der Waals surface area (Å²) in [6.07, 6.45) is -2.43. The van der Waals surface area contributed by atoms with Crippen molar-refractivity contribution in [3.8, 4) is 5.69 Å². The summed E-state index contributed by atoms with van der Waals surface area (Å²) in [5.41, 5.74) is 6.65. The van der Waals surface area contributed by atoms with Gasteiger partial charge in [0.2, 0.25) is 0 Å². The van der Waals surface area contributed by atoms with Gasteiger partial charge >= 0.3 is 6.18 Å². The van der Waals surface area contributed by atoms with Crippen molar-refractivity contribution in [2.75, 3.05) is 0 Å². The van der Waals surface area contributed by atoms with Crippen LogP contribution in [0.3, 0.4) is 0 Å². The van der Waals surface area contributed by atoms with E-state index in [4.69, 9.17) is 5.73 Å². The van der Waals surface area contributed by atoms with E-state index >= 15 is 0 Å². The molecule has 0 aliphatic rings. The molecule has 0 unspecified atom stereocenters. The molecule has 2 N–H and O–H groups in total. The Kier molecular flexibility index (Phi) is 3.38. The maximum Gasteiger partial charge on any atom is 0.390 e. The van der Waals surface area contributed by atoms with Crippen molar-refractivity contribution in [2.24, 2.45) is 5.73 Å². The first-order valence-corrected chi connectivity index (χ1v) is 5.38. The molecule has 6 heteroatoms. The predicted octanol–water partition coefficient (Wildman–Crippen LogP) is 2.82. The van der Waals surface area contributed by atoms with Gasteiger partial charge in [-0.15, -0.1) is 0 Å². The zero-order valence-corrected chi connectivity index (χ0v) is 9.43. The van der Waals surface area contributed by atoms with Crippen LogP contribution in [0.2, 0.25) is 0 Å². The second kappa shape index (κ2) is 4.81. The van der Waals surface area contributed by atoms with E-state index in [2.05, 4.69) is 5.10 Å². The van der Waals surface area contributed by atoms with E-state index in [9.17, 15) is 13.2 Å². The summed E-state index contributed by atoms with van der Waals surface area (Å²) in [4.78, 5) is 0. The van der Waals surface area contributed by atoms with Gasteiger partial charge < -0.3 is 5.73 Å². The highest BCUT2D eigenvalue weighted by molar-refractivity contribution is 5.31. The third-order valence-electron chi connectivity index (χ3n) is 2.50. The van der Waals surface area contributed by atoms with Gasteiger partial charge in [0.05, 0.1) is 18.3 Å². The molecule has 96 valence electrons. The van der Waals surface area contributed by atoms with Crippen LogP contribution in [0.1, 0.15) is 18.0 Å². The minimum absolute atomic E-state index is 0.371. The van der Waals surface area contributed by atoms with E-state index in [0.717, 1.165) is 5.69 Å². The van der Waals surface area contributed by atoms with Crippen LogP contribution < -0.4 is 5.73 Å². The Morgan fingerprint density at radius 2 is 1.89 bits per heavy atom. The average Bonchev–Trinajstić information content (AvgIpc) is 2.77. The van der Waals surface area contributed by atoms with Gasteiger partial charge in [-0.2, -0.15) is 18.3 Å². The van der Waals surface area contributed by atoms with Crippen LogP contribution in [-0.2, 0) is 0 Å². The maximum atomic E-state index is 12.2. The molecule has 3 nitrogen and oxygen atoms in total. The Balaban J connectivity index is 2.16. The number of hydrogen-bond donors (Lipinski definition) is 1. The summed E-state index contributed by atoms with van der Waals surface area (Å²) >= 11 is 0. The van der Waals surface area contributed by atoms with Crippen LogP contribution in [-0.4, -0.2) is 16.0 Å². The summed E-state index contributed by atoms with van der Waals surface area (Å²) < 4.78 is 38.1. The standard InChI is InChI=1S/C12H12F3N3/c13-12(14,15)6-11(16)9-7-17-18(8-9)10-4-2-1-3-5-10/h1-5,7-8,11H,6,16H2/t11-/m1/s1. The van der Waals surface area contributed by atoms with Gasteiger partial charge in [-0.05, 0) is 12.1 Å². The summed E-state index contributed by atoms with van der Waals surface area (Å²) in [6.45, 7) is 0. The van der Waals surface area contributed by atoms with Crippen molar-refractivity contribution in [2.45, 2.75) is 18.6 Å². The van der Waals surface area contributed by atoms with Gasteiger partial charge in [0.15, 0.2) is 0 Å². The molecule has 0 saturated heterocycles. The van der Waals surface area contributed by atoms with Crippen molar-refractivity contribution in [3.05, 3.63) is 48.3 Å². The van der Waals surface area contributed by atoms with E-state index in [1.165, 1.54) is 17.1 Å². The van der Waals surface area contributed by atoms with Gasteiger partial charge in [-0.25, -0.2) is 4.68 Å². The lowest BCUT2D eigenvalue weighted by Gasteiger charge is -2.11. The fourth-order valence-corrected chi connectivity index (χ4v) is 1.62. The Labute approximate surface area is 102 Å². The molecule has 0 aliphatic heterocycles. The number of nitrogens with zero attached hydrogens (tertiary/aromatic N) is 2. The highest BCUT2D eigenvalue weighted by Crippen LogP contribution is 2.27. The largest absolute Gasteiger partial charge is 0.390 e. The third kappa shape index (κ3) is 3.10. The van der Waals surface area contributed by atoms with Gasteiger partial charge in [0, 0.05) is 17.8 Å². The van der Waals surface area contributed by atoms with E-state index in [0.29, 0.717) is 5.56 Å². The molecule has 1 heterocycles. The third-order valence-corrected chi connectivity index (χ3v) is 2.50. The number of para-hydroxylation sites is 1. The second-order valence-electron chi connectivity index (χ2n) is 3.98. The van der Waals surface area contributed by atoms with E-state index in [-0.39, 0.29) is 0 Å². The highest BCUT2D eigenvalue weighted by atomic mass is 19.4. The molecule has 1 aromatic heterocycles. The lowest BCUT2D eigenvalue weighted by atomic mass is 10.1. The lowest BCUT2D eigenvalue weighted by molar-refractivity contribution is -0.138. The van der Waals surface area contributed by atoms with Gasteiger partial charge in [0.25, 0.3) is 0 Å². The van der Waals surface area contributed by atoms with Crippen molar-refractivity contribution in [3.63, 3.8) is 0 Å². The molecular formula is C12H12F3N3. The predicted molar refractivity (Wildman–Crippen MR) is 61.2 cm³/mol. The fraction of sp³-hybridized carbons (Fsp3) is 0.250. The molecule has 0 aliphatic carbocycles. The molecular weight excluding hydrogens is 243 g/mol. The van der Waals surface area contributed by atoms with Crippen molar-refractivity contribution in [1.29, 1.82) is 0 Å². The Morgan fingerprint density at radius 3 is 2.50 bits per heavy atom. The Morgan fingerprint density at radius 1 is 1.22 bits per heavy atom. The lowest BCUT2D eigenvalue weighted by Crippen LogP contribution is -2.19. The highest BCUT2D eigenvalue weighted by Gasteiger charge is 2.31. The van der Waals surface area contributed by atoms with E-state index < -0.39 is 18.6 Å². The first-order chi connectivity index (χ1) is 8.46. The molecule has 0 bridgehead atoms. The fourth-order valence-electron chi connectivity index (χ4n) is 1.62. The molecule has 1 aromatic carbocycles. The number of alkyl halides is 3. The second-order valence-corrected chi connectivity index (χ2v) is 3.98. The molecule has 0 radical (unpaired) electrons. The van der Waals surface area contributed by atoms with Gasteiger partial charge in [0.1, 0.15) is 0 Å². The summed E-state index contributed by atoms with van der Waals surface area (Å²) in [7, 11) is 0. The molecule has 0 fully saturated rings. The van der Waals surface area contributed by atoms with Crippen molar-refractivity contribution >= 4 is 0 Å². The summed E-state index contributed by atoms with van der Waals surface area (Å²) in [5, 5.41) is 4.01. The number of benzene rings is 1. The van der Waals surface area contributed by atoms with Crippen LogP contribution in [0.25, 0.3) is 5.69 Å². The molecule has 2 rings (SSSR count). The van der Waals surface area contributed by atoms with Crippen LogP contribution in [0.15, 0.2) is 42.7 Å². The topological polar surface area (TPSA) is 43.8 Å².